The number of methoxy groups -OCH3 is 1. The van der Waals surface area contributed by atoms with Crippen molar-refractivity contribution in [3.05, 3.63) is 60.2 Å². The Labute approximate surface area is 151 Å². The standard InChI is InChI=1S/C19H18N6O/c1-21-17-7-18(25-19-11-22-15(8-20)9-23-19)24-10-16(17)14-5-3-13(4-6-14)12-26-2/h3-7,9-11H,12H2,1-2H3,(H2,21,23,24,25). The summed E-state index contributed by atoms with van der Waals surface area (Å²) in [4.78, 5) is 12.6. The number of nitriles is 1. The molecule has 0 unspecified atom stereocenters. The molecule has 0 saturated carbocycles. The number of hydrogen-bond donors (Lipinski definition) is 2. The van der Waals surface area contributed by atoms with Crippen molar-refractivity contribution >= 4 is 17.3 Å². The zero-order chi connectivity index (χ0) is 18.4. The van der Waals surface area contributed by atoms with Crippen LogP contribution in [0, 0.1) is 11.3 Å². The number of anilines is 3. The van der Waals surface area contributed by atoms with Gasteiger partial charge in [0.15, 0.2) is 5.69 Å². The fraction of sp³-hybridized carbons (Fsp3) is 0.158. The summed E-state index contributed by atoms with van der Waals surface area (Å²) in [5.41, 5.74) is 4.38. The zero-order valence-electron chi connectivity index (χ0n) is 14.5. The van der Waals surface area contributed by atoms with Crippen molar-refractivity contribution < 1.29 is 4.74 Å². The monoisotopic (exact) mass is 346 g/mol. The third kappa shape index (κ3) is 3.94. The van der Waals surface area contributed by atoms with E-state index in [-0.39, 0.29) is 5.69 Å². The highest BCUT2D eigenvalue weighted by Gasteiger charge is 2.08. The first kappa shape index (κ1) is 17.3. The minimum absolute atomic E-state index is 0.270. The van der Waals surface area contributed by atoms with Crippen molar-refractivity contribution in [3.8, 4) is 17.2 Å². The fourth-order valence-electron chi connectivity index (χ4n) is 2.49. The highest BCUT2D eigenvalue weighted by Crippen LogP contribution is 2.29. The first-order valence-electron chi connectivity index (χ1n) is 7.98. The van der Waals surface area contributed by atoms with Gasteiger partial charge in [0.05, 0.1) is 19.0 Å². The minimum Gasteiger partial charge on any atom is -0.387 e. The molecule has 2 aromatic heterocycles. The molecular weight excluding hydrogens is 328 g/mol. The summed E-state index contributed by atoms with van der Waals surface area (Å²) in [6.07, 6.45) is 4.72. The normalized spacial score (nSPS) is 10.2. The molecule has 2 N–H and O–H groups in total. The van der Waals surface area contributed by atoms with Crippen LogP contribution in [0.4, 0.5) is 17.3 Å². The number of nitrogens with one attached hydrogen (secondary N) is 2. The van der Waals surface area contributed by atoms with Crippen LogP contribution in [0.1, 0.15) is 11.3 Å². The molecule has 3 aromatic rings. The molecule has 0 amide bonds. The van der Waals surface area contributed by atoms with Crippen LogP contribution in [0.5, 0.6) is 0 Å². The number of pyridine rings is 1. The Kier molecular flexibility index (Phi) is 5.37. The molecule has 0 aliphatic heterocycles. The maximum absolute atomic E-state index is 8.77. The van der Waals surface area contributed by atoms with Crippen LogP contribution < -0.4 is 10.6 Å². The molecule has 0 aliphatic carbocycles. The summed E-state index contributed by atoms with van der Waals surface area (Å²) in [6.45, 7) is 0.589. The van der Waals surface area contributed by atoms with Gasteiger partial charge in [0.2, 0.25) is 0 Å². The number of nitrogens with zero attached hydrogens (tertiary/aromatic N) is 4. The summed E-state index contributed by atoms with van der Waals surface area (Å²) in [5.74, 6) is 1.16. The number of ether oxygens (including phenoxy) is 1. The molecule has 0 spiro atoms. The van der Waals surface area contributed by atoms with E-state index in [1.165, 1.54) is 12.4 Å². The Bertz CT molecular complexity index is 916. The van der Waals surface area contributed by atoms with E-state index in [9.17, 15) is 0 Å². The van der Waals surface area contributed by atoms with Crippen LogP contribution in [-0.4, -0.2) is 29.1 Å². The average molecular weight is 346 g/mol. The number of aromatic nitrogens is 3. The second kappa shape index (κ2) is 8.05. The smallest absolute Gasteiger partial charge is 0.158 e. The van der Waals surface area contributed by atoms with Gasteiger partial charge in [-0.1, -0.05) is 24.3 Å². The first-order chi connectivity index (χ1) is 12.7. The summed E-state index contributed by atoms with van der Waals surface area (Å²) >= 11 is 0. The topological polar surface area (TPSA) is 95.8 Å². The van der Waals surface area contributed by atoms with E-state index in [4.69, 9.17) is 10.00 Å². The lowest BCUT2D eigenvalue weighted by Crippen LogP contribution is -2.00. The van der Waals surface area contributed by atoms with Gasteiger partial charge in [0.25, 0.3) is 0 Å². The van der Waals surface area contributed by atoms with Crippen molar-refractivity contribution in [2.75, 3.05) is 24.8 Å². The van der Waals surface area contributed by atoms with E-state index in [0.717, 1.165) is 22.4 Å². The van der Waals surface area contributed by atoms with Gasteiger partial charge in [-0.15, -0.1) is 0 Å². The lowest BCUT2D eigenvalue weighted by atomic mass is 10.0. The quantitative estimate of drug-likeness (QED) is 0.706. The molecule has 7 nitrogen and oxygen atoms in total. The molecule has 0 saturated heterocycles. The molecule has 7 heteroatoms. The van der Waals surface area contributed by atoms with Gasteiger partial charge in [-0.25, -0.2) is 15.0 Å². The predicted octanol–water partition coefficient (Wildman–Crippen LogP) is 3.34. The lowest BCUT2D eigenvalue weighted by molar-refractivity contribution is 0.185. The van der Waals surface area contributed by atoms with Crippen LogP contribution in [0.3, 0.4) is 0 Å². The van der Waals surface area contributed by atoms with E-state index in [0.29, 0.717) is 18.2 Å². The third-order valence-electron chi connectivity index (χ3n) is 3.77. The number of hydrogen-bond acceptors (Lipinski definition) is 7. The van der Waals surface area contributed by atoms with Crippen molar-refractivity contribution in [2.45, 2.75) is 6.61 Å². The molecule has 0 bridgehead atoms. The van der Waals surface area contributed by atoms with Gasteiger partial charge in [-0.3, -0.25) is 0 Å². The Morgan fingerprint density at radius 1 is 1.04 bits per heavy atom. The molecule has 26 heavy (non-hydrogen) atoms. The Morgan fingerprint density at radius 2 is 1.81 bits per heavy atom. The molecule has 0 aliphatic rings. The second-order valence-electron chi connectivity index (χ2n) is 5.52. The van der Waals surface area contributed by atoms with Gasteiger partial charge in [-0.05, 0) is 11.1 Å². The highest BCUT2D eigenvalue weighted by atomic mass is 16.5. The largest absolute Gasteiger partial charge is 0.387 e. The van der Waals surface area contributed by atoms with Crippen molar-refractivity contribution in [1.29, 1.82) is 5.26 Å². The summed E-state index contributed by atoms with van der Waals surface area (Å²) < 4.78 is 5.14. The maximum Gasteiger partial charge on any atom is 0.158 e. The van der Waals surface area contributed by atoms with E-state index >= 15 is 0 Å². The van der Waals surface area contributed by atoms with E-state index < -0.39 is 0 Å². The van der Waals surface area contributed by atoms with E-state index in [1.807, 2.05) is 43.4 Å². The van der Waals surface area contributed by atoms with Crippen LogP contribution in [0.15, 0.2) is 48.9 Å². The zero-order valence-corrected chi connectivity index (χ0v) is 14.5. The molecule has 2 heterocycles. The van der Waals surface area contributed by atoms with Gasteiger partial charge >= 0.3 is 0 Å². The van der Waals surface area contributed by atoms with Gasteiger partial charge in [0, 0.05) is 37.7 Å². The fourth-order valence-corrected chi connectivity index (χ4v) is 2.49. The number of rotatable bonds is 6. The van der Waals surface area contributed by atoms with Crippen molar-refractivity contribution in [2.24, 2.45) is 0 Å². The van der Waals surface area contributed by atoms with Gasteiger partial charge in [-0.2, -0.15) is 5.26 Å². The Hall–Kier alpha value is -3.50. The van der Waals surface area contributed by atoms with Crippen LogP contribution in [0.25, 0.3) is 11.1 Å². The maximum atomic E-state index is 8.77. The minimum atomic E-state index is 0.270. The van der Waals surface area contributed by atoms with Gasteiger partial charge < -0.3 is 15.4 Å². The van der Waals surface area contributed by atoms with Crippen LogP contribution in [-0.2, 0) is 11.3 Å². The lowest BCUT2D eigenvalue weighted by Gasteiger charge is -2.12. The molecule has 3 rings (SSSR count). The SMILES string of the molecule is CNc1cc(Nc2cnc(C#N)cn2)ncc1-c1ccc(COC)cc1. The average Bonchev–Trinajstić information content (AvgIpc) is 2.69. The van der Waals surface area contributed by atoms with Crippen molar-refractivity contribution in [1.82, 2.24) is 15.0 Å². The first-order valence-corrected chi connectivity index (χ1v) is 7.98. The summed E-state index contributed by atoms with van der Waals surface area (Å²) in [6, 6.07) is 12.0. The third-order valence-corrected chi connectivity index (χ3v) is 3.77. The summed E-state index contributed by atoms with van der Waals surface area (Å²) in [5, 5.41) is 15.1. The predicted molar refractivity (Wildman–Crippen MR) is 100.0 cm³/mol. The van der Waals surface area contributed by atoms with Crippen LogP contribution in [0.2, 0.25) is 0 Å². The molecule has 0 fully saturated rings. The number of benzene rings is 1. The second-order valence-corrected chi connectivity index (χ2v) is 5.52. The van der Waals surface area contributed by atoms with Crippen molar-refractivity contribution in [3.63, 3.8) is 0 Å². The molecule has 1 aromatic carbocycles. The van der Waals surface area contributed by atoms with Gasteiger partial charge in [0.1, 0.15) is 17.7 Å². The molecule has 0 radical (unpaired) electrons. The van der Waals surface area contributed by atoms with Crippen LogP contribution >= 0.6 is 0 Å². The highest BCUT2D eigenvalue weighted by molar-refractivity contribution is 5.79. The van der Waals surface area contributed by atoms with E-state index in [1.54, 1.807) is 13.3 Å². The Balaban J connectivity index is 1.83. The Morgan fingerprint density at radius 3 is 2.42 bits per heavy atom. The molecule has 0 atom stereocenters. The molecular formula is C19H18N6O. The van der Waals surface area contributed by atoms with E-state index in [2.05, 4.69) is 25.6 Å². The molecule has 130 valence electrons. The summed E-state index contributed by atoms with van der Waals surface area (Å²) in [7, 11) is 3.55.